The number of aryl methyl sites for hydroxylation is 2. The molecule has 0 aromatic heterocycles. The molecule has 5 atom stereocenters. The summed E-state index contributed by atoms with van der Waals surface area (Å²) in [6.45, 7) is 10.5. The summed E-state index contributed by atoms with van der Waals surface area (Å²) in [6.07, 6.45) is 4.83. The standard InChI is InChI=1S/C37H50ClF2N2O4/c1-23-16-27(34(39)17-24(23)2)18-31(37(44)45-4)25(3)26-6-5-12-41(13-9-26)22-36(43)33-21-42(29-10-14-46-15-11-29)20-32(33)30-8-7-28(38)19-35(30)40/h7-8,16-17,19,25-26,29,31-33,38H,5-6,9-15,18,20-22H2,1-4H3/q+1/t25?,26?,31-,32+,33-/m1/s1. The molecule has 2 aromatic carbocycles. The third kappa shape index (κ3) is 8.18. The van der Waals surface area contributed by atoms with Gasteiger partial charge in [-0.1, -0.05) is 19.1 Å². The second-order valence-electron chi connectivity index (χ2n) is 13.8. The summed E-state index contributed by atoms with van der Waals surface area (Å²) in [5.74, 6) is -1.47. The molecule has 0 spiro atoms. The minimum atomic E-state index is -0.452. The normalized spacial score (nSPS) is 24.8. The van der Waals surface area contributed by atoms with Crippen LogP contribution in [0.2, 0.25) is 5.02 Å². The van der Waals surface area contributed by atoms with Gasteiger partial charge in [-0.15, -0.1) is 0 Å². The highest BCUT2D eigenvalue weighted by atomic mass is 35.5. The van der Waals surface area contributed by atoms with Crippen LogP contribution in [0.4, 0.5) is 8.78 Å². The Morgan fingerprint density at radius 2 is 1.74 bits per heavy atom. The molecule has 2 aromatic rings. The first-order valence-corrected chi connectivity index (χ1v) is 17.3. The molecule has 0 N–H and O–H groups in total. The van der Waals surface area contributed by atoms with E-state index in [1.54, 1.807) is 18.2 Å². The first-order valence-electron chi connectivity index (χ1n) is 16.9. The topological polar surface area (TPSA) is 59.1 Å². The van der Waals surface area contributed by atoms with Gasteiger partial charge in [0.25, 0.3) is 0 Å². The minimum Gasteiger partial charge on any atom is -0.469 e. The fraction of sp³-hybridized carbons (Fsp3) is 0.622. The Labute approximate surface area is 277 Å². The molecule has 252 valence electrons. The molecule has 5 rings (SSSR count). The van der Waals surface area contributed by atoms with E-state index in [1.807, 2.05) is 19.9 Å². The van der Waals surface area contributed by atoms with Crippen LogP contribution in [0.15, 0.2) is 30.3 Å². The molecule has 0 aliphatic carbocycles. The Bertz CT molecular complexity index is 1380. The zero-order valence-electron chi connectivity index (χ0n) is 27.7. The number of methoxy groups -OCH3 is 1. The smallest absolute Gasteiger partial charge is 0.309 e. The molecular formula is C37H50ClF2N2O4+. The molecule has 0 amide bonds. The second kappa shape index (κ2) is 15.7. The molecule has 2 unspecified atom stereocenters. The first kappa shape index (κ1) is 34.9. The molecule has 6 nitrogen and oxygen atoms in total. The van der Waals surface area contributed by atoms with Crippen LogP contribution in [0.3, 0.4) is 0 Å². The number of likely N-dealkylation sites (tertiary alicyclic amines) is 2. The first-order chi connectivity index (χ1) is 22.0. The number of esters is 1. The molecular weight excluding hydrogens is 610 g/mol. The molecule has 9 heteroatoms. The van der Waals surface area contributed by atoms with E-state index in [4.69, 9.17) is 21.1 Å². The van der Waals surface area contributed by atoms with Gasteiger partial charge in [-0.05, 0) is 106 Å². The molecule has 46 heavy (non-hydrogen) atoms. The van der Waals surface area contributed by atoms with E-state index in [0.717, 1.165) is 56.3 Å². The van der Waals surface area contributed by atoms with E-state index in [-0.39, 0.29) is 47.1 Å². The maximum Gasteiger partial charge on any atom is 0.309 e. The van der Waals surface area contributed by atoms with Gasteiger partial charge in [0.05, 0.1) is 19.6 Å². The summed E-state index contributed by atoms with van der Waals surface area (Å²) in [7, 11) is 1.40. The summed E-state index contributed by atoms with van der Waals surface area (Å²) in [5.41, 5.74) is 3.02. The lowest BCUT2D eigenvalue weighted by Gasteiger charge is -2.31. The second-order valence-corrected chi connectivity index (χ2v) is 14.3. The van der Waals surface area contributed by atoms with Crippen LogP contribution < -0.4 is 0 Å². The highest BCUT2D eigenvalue weighted by Crippen LogP contribution is 2.38. The van der Waals surface area contributed by atoms with Crippen molar-refractivity contribution in [3.8, 4) is 0 Å². The lowest BCUT2D eigenvalue weighted by atomic mass is 9.76. The van der Waals surface area contributed by atoms with Gasteiger partial charge in [0, 0.05) is 56.3 Å². The van der Waals surface area contributed by atoms with Crippen LogP contribution in [0, 0.1) is 60.8 Å². The molecule has 3 fully saturated rings. The number of rotatable bonds is 10. The number of nitrogens with zero attached hydrogens (tertiary/aromatic N) is 2. The maximum absolute atomic E-state index is 15.2. The van der Waals surface area contributed by atoms with E-state index in [0.29, 0.717) is 61.5 Å². The average molecular weight is 660 g/mol. The van der Waals surface area contributed by atoms with E-state index in [9.17, 15) is 14.0 Å². The Hall–Kier alpha value is -2.39. The number of halogens is 3. The van der Waals surface area contributed by atoms with E-state index in [2.05, 4.69) is 16.7 Å². The molecule has 0 radical (unpaired) electrons. The predicted molar refractivity (Wildman–Crippen MR) is 172 cm³/mol. The lowest BCUT2D eigenvalue weighted by Crippen LogP contribution is -2.39. The van der Waals surface area contributed by atoms with Gasteiger partial charge >= 0.3 is 5.97 Å². The predicted octanol–water partition coefficient (Wildman–Crippen LogP) is 5.81. The van der Waals surface area contributed by atoms with Crippen LogP contribution in [-0.2, 0) is 25.5 Å². The monoisotopic (exact) mass is 659 g/mol. The summed E-state index contributed by atoms with van der Waals surface area (Å²) in [4.78, 5) is 31.6. The van der Waals surface area contributed by atoms with Crippen molar-refractivity contribution in [2.75, 3.05) is 53.0 Å². The van der Waals surface area contributed by atoms with E-state index < -0.39 is 5.92 Å². The van der Waals surface area contributed by atoms with Crippen molar-refractivity contribution in [1.29, 1.82) is 0 Å². The Kier molecular flexibility index (Phi) is 11.9. The third-order valence-electron chi connectivity index (χ3n) is 11.1. The van der Waals surface area contributed by atoms with Gasteiger partial charge in [0.15, 0.2) is 17.4 Å². The molecule has 3 aliphatic heterocycles. The van der Waals surface area contributed by atoms with Crippen LogP contribution in [0.1, 0.15) is 67.2 Å². The SMILES string of the molecule is COC(=O)[C@H](Cc1cc(C)c(C)cc1F)C(C)C1CCCN(CC(=O)[C@@H]2CN(C3CCOCC3)C[C@H]2c2ccc([ClH+])cc2F)CC1. The number of carbonyl (C=O) groups is 2. The summed E-state index contributed by atoms with van der Waals surface area (Å²) >= 11 is 5.19. The van der Waals surface area contributed by atoms with Gasteiger partial charge in [-0.3, -0.25) is 19.4 Å². The molecule has 3 aliphatic rings. The molecule has 3 saturated heterocycles. The van der Waals surface area contributed by atoms with Gasteiger partial charge in [-0.25, -0.2) is 8.78 Å². The number of Topliss-reactive ketones (excluding diaryl/α,β-unsaturated/α-hetero) is 1. The van der Waals surface area contributed by atoms with Crippen LogP contribution in [0.5, 0.6) is 0 Å². The number of hydrogen-bond acceptors (Lipinski definition) is 6. The van der Waals surface area contributed by atoms with Gasteiger partial charge in [0.2, 0.25) is 5.02 Å². The molecule has 0 bridgehead atoms. The van der Waals surface area contributed by atoms with Crippen LogP contribution in [-0.4, -0.2) is 80.6 Å². The van der Waals surface area contributed by atoms with Crippen molar-refractivity contribution in [3.63, 3.8) is 0 Å². The number of hydrogen-bond donors (Lipinski definition) is 0. The third-order valence-corrected chi connectivity index (χ3v) is 11.3. The minimum absolute atomic E-state index is 0.00770. The van der Waals surface area contributed by atoms with E-state index in [1.165, 1.54) is 13.2 Å². The highest BCUT2D eigenvalue weighted by molar-refractivity contribution is 5.84. The van der Waals surface area contributed by atoms with Crippen molar-refractivity contribution in [3.05, 3.63) is 69.2 Å². The quantitative estimate of drug-likeness (QED) is 0.300. The van der Waals surface area contributed by atoms with Crippen LogP contribution >= 0.6 is 0 Å². The Morgan fingerprint density at radius 3 is 2.46 bits per heavy atom. The fourth-order valence-corrected chi connectivity index (χ4v) is 8.21. The summed E-state index contributed by atoms with van der Waals surface area (Å²) in [6, 6.07) is 8.68. The largest absolute Gasteiger partial charge is 0.469 e. The zero-order valence-corrected chi connectivity index (χ0v) is 28.6. The number of benzene rings is 2. The number of ether oxygens (including phenoxy) is 2. The Morgan fingerprint density at radius 1 is 1.00 bits per heavy atom. The van der Waals surface area contributed by atoms with Crippen molar-refractivity contribution in [2.45, 2.75) is 71.3 Å². The number of ketones is 1. The van der Waals surface area contributed by atoms with Gasteiger partial charge in [-0.2, -0.15) is 0 Å². The van der Waals surface area contributed by atoms with E-state index >= 15 is 4.39 Å². The lowest BCUT2D eigenvalue weighted by molar-refractivity contribution is -0.289. The summed E-state index contributed by atoms with van der Waals surface area (Å²) in [5, 5.41) is 0.463. The fourth-order valence-electron chi connectivity index (χ4n) is 8.03. The van der Waals surface area contributed by atoms with Crippen molar-refractivity contribution >= 4 is 11.8 Å². The van der Waals surface area contributed by atoms with Gasteiger partial charge in [0.1, 0.15) is 11.6 Å². The van der Waals surface area contributed by atoms with Crippen LogP contribution in [0.25, 0.3) is 0 Å². The highest BCUT2D eigenvalue weighted by Gasteiger charge is 2.42. The zero-order chi connectivity index (χ0) is 33.0. The molecule has 3 heterocycles. The maximum atomic E-state index is 15.2. The van der Waals surface area contributed by atoms with Gasteiger partial charge < -0.3 is 9.47 Å². The average Bonchev–Trinajstić information content (AvgIpc) is 3.35. The van der Waals surface area contributed by atoms with Crippen molar-refractivity contribution in [2.24, 2.45) is 23.7 Å². The Balaban J connectivity index is 1.25. The van der Waals surface area contributed by atoms with Crippen molar-refractivity contribution < 1.29 is 39.4 Å². The summed E-state index contributed by atoms with van der Waals surface area (Å²) < 4.78 is 40.9. The molecule has 0 saturated carbocycles. The number of carbonyl (C=O) groups excluding carboxylic acids is 2. The van der Waals surface area contributed by atoms with Crippen molar-refractivity contribution in [1.82, 2.24) is 9.80 Å².